The van der Waals surface area contributed by atoms with Gasteiger partial charge in [0.05, 0.1) is 0 Å². The maximum Gasteiger partial charge on any atom is 3.00 e. The van der Waals surface area contributed by atoms with E-state index in [4.69, 9.17) is 0 Å². The molecule has 0 atom stereocenters. The van der Waals surface area contributed by atoms with Crippen LogP contribution >= 0.6 is 0 Å². The van der Waals surface area contributed by atoms with Gasteiger partial charge in [0.1, 0.15) is 0 Å². The van der Waals surface area contributed by atoms with Crippen LogP contribution in [-0.2, 0) is 0 Å². The van der Waals surface area contributed by atoms with Crippen LogP contribution in [-0.4, -0.2) is 21.9 Å². The van der Waals surface area contributed by atoms with Gasteiger partial charge in [0.25, 0.3) is 0 Å². The van der Waals surface area contributed by atoms with Crippen molar-refractivity contribution in [3.8, 4) is 0 Å². The molecule has 0 unspecified atom stereocenters. The van der Waals surface area contributed by atoms with Crippen molar-refractivity contribution in [1.29, 1.82) is 0 Å². The number of hydrogen-bond acceptors (Lipinski definition) is 0. The Bertz CT molecular complexity index is 11.2. The number of rotatable bonds is 0. The van der Waals surface area contributed by atoms with Gasteiger partial charge in [-0.25, -0.2) is 0 Å². The van der Waals surface area contributed by atoms with Gasteiger partial charge < -0.3 is 59.1 Å². The molecule has 0 amide bonds. The summed E-state index contributed by atoms with van der Waals surface area (Å²) in [5.74, 6) is 0. The molecule has 8 heavy (non-hydrogen) atoms. The molecule has 8 N–H and O–H groups in total. The van der Waals surface area contributed by atoms with Gasteiger partial charge in [0.2, 0.25) is 0 Å². The minimum atomic E-state index is 0. The van der Waals surface area contributed by atoms with Gasteiger partial charge in [-0.3, -0.25) is 0 Å². The Balaban J connectivity index is 0. The summed E-state index contributed by atoms with van der Waals surface area (Å²) in [6.45, 7) is 0. The summed E-state index contributed by atoms with van der Waals surface area (Å²) >= 11 is 0. The molecule has 0 radical (unpaired) electrons. The van der Waals surface area contributed by atoms with Crippen molar-refractivity contribution in [2.45, 2.75) is 0 Å². The van der Waals surface area contributed by atoms with E-state index < -0.39 is 0 Å². The zero-order valence-corrected chi connectivity index (χ0v) is 8.20. The van der Waals surface area contributed by atoms with Crippen LogP contribution in [0.1, 0.15) is 0 Å². The van der Waals surface area contributed by atoms with E-state index in [1.807, 2.05) is 0 Å². The zero-order valence-electron chi connectivity index (χ0n) is 3.51. The van der Waals surface area contributed by atoms with Crippen LogP contribution in [0.15, 0.2) is 0 Å². The topological polar surface area (TPSA) is 126 Å². The van der Waals surface area contributed by atoms with Crippen molar-refractivity contribution < 1.29 is 109 Å². The molecule has 8 heteroatoms. The number of hydrogen-bond donors (Lipinski definition) is 0. The molecule has 0 fully saturated rings. The van der Waals surface area contributed by atoms with E-state index in [9.17, 15) is 0 Å². The van der Waals surface area contributed by atoms with Crippen molar-refractivity contribution in [2.24, 2.45) is 0 Å². The molecule has 60 valence electrons. The van der Waals surface area contributed by atoms with Crippen LogP contribution in [0.5, 0.6) is 0 Å². The smallest absolute Gasteiger partial charge is 1.00 e. The van der Waals surface area contributed by atoms with Crippen LogP contribution < -0.4 is 37.2 Å². The van der Waals surface area contributed by atoms with Crippen molar-refractivity contribution in [3.63, 3.8) is 0 Å². The molecule has 0 aliphatic heterocycles. The van der Waals surface area contributed by atoms with Crippen LogP contribution in [0.4, 0.5) is 0 Å². The molecule has 0 aliphatic carbocycles. The summed E-state index contributed by atoms with van der Waals surface area (Å²) in [4.78, 5) is 0. The minimum absolute atomic E-state index is 0. The molecule has 4 nitrogen and oxygen atoms in total. The first kappa shape index (κ1) is 169. The second kappa shape index (κ2) is 121. The number of halogens is 3. The fraction of sp³-hybridized carbons (Fsp3) is 0. The summed E-state index contributed by atoms with van der Waals surface area (Å²) in [6, 6.07) is 0. The van der Waals surface area contributed by atoms with Gasteiger partial charge >= 0.3 is 49.4 Å². The van der Waals surface area contributed by atoms with Gasteiger partial charge in [-0.1, -0.05) is 0 Å². The molecule has 0 spiro atoms. The van der Waals surface area contributed by atoms with Crippen molar-refractivity contribution in [2.75, 3.05) is 0 Å². The summed E-state index contributed by atoms with van der Waals surface area (Å²) in [7, 11) is 0. The average molecular weight is 330 g/mol. The summed E-state index contributed by atoms with van der Waals surface area (Å²) in [5.41, 5.74) is 0. The second-order valence-corrected chi connectivity index (χ2v) is 0. The first-order valence-electron chi connectivity index (χ1n) is 0. The van der Waals surface area contributed by atoms with Gasteiger partial charge in [0, 0.05) is 0 Å². The van der Waals surface area contributed by atoms with Crippen molar-refractivity contribution >= 4 is 0 Å². The second-order valence-electron chi connectivity index (χ2n) is 0. The van der Waals surface area contributed by atoms with Crippen molar-refractivity contribution in [1.82, 2.24) is 0 Å². The average Bonchev–Trinajstić information content (AvgIpc) is 0. The summed E-state index contributed by atoms with van der Waals surface area (Å²) in [6.07, 6.45) is 0. The maximum atomic E-state index is 0. The SMILES string of the molecule is O.O.O.O.[Cl-].[Cl-].[Cl-].[Eu+3]. The predicted octanol–water partition coefficient (Wildman–Crippen LogP) is -12.3. The Morgan fingerprint density at radius 1 is 0.375 bits per heavy atom. The van der Waals surface area contributed by atoms with E-state index in [0.717, 1.165) is 0 Å². The first-order valence-corrected chi connectivity index (χ1v) is 0. The molecular weight excluding hydrogens is 322 g/mol. The molecule has 0 rings (SSSR count). The van der Waals surface area contributed by atoms with Crippen LogP contribution in [0.2, 0.25) is 0 Å². The zero-order chi connectivity index (χ0) is 0. The molecule has 0 aromatic heterocycles. The van der Waals surface area contributed by atoms with E-state index in [0.29, 0.717) is 0 Å². The van der Waals surface area contributed by atoms with Gasteiger partial charge in [-0.15, -0.1) is 0 Å². The van der Waals surface area contributed by atoms with Crippen molar-refractivity contribution in [3.05, 3.63) is 0 Å². The Kier molecular flexibility index (Phi) is 2560. The molecule has 0 saturated carbocycles. The third kappa shape index (κ3) is 83.8. The molecular formula is H8Cl3EuO4. The fourth-order valence-electron chi connectivity index (χ4n) is 0. The van der Waals surface area contributed by atoms with E-state index in [1.54, 1.807) is 0 Å². The third-order valence-electron chi connectivity index (χ3n) is 0. The van der Waals surface area contributed by atoms with Crippen LogP contribution in [0.25, 0.3) is 0 Å². The van der Waals surface area contributed by atoms with Gasteiger partial charge in [-0.2, -0.15) is 0 Å². The summed E-state index contributed by atoms with van der Waals surface area (Å²) < 4.78 is 0. The fourth-order valence-corrected chi connectivity index (χ4v) is 0. The largest absolute Gasteiger partial charge is 3.00 e. The molecule has 0 heterocycles. The van der Waals surface area contributed by atoms with E-state index in [2.05, 4.69) is 0 Å². The molecule has 0 aliphatic rings. The Morgan fingerprint density at radius 2 is 0.375 bits per heavy atom. The quantitative estimate of drug-likeness (QED) is 0.418. The van der Waals surface area contributed by atoms with E-state index in [-0.39, 0.29) is 109 Å². The molecule has 0 aromatic rings. The first-order chi connectivity index (χ1) is 0. The van der Waals surface area contributed by atoms with Crippen LogP contribution in [0, 0.1) is 49.4 Å². The molecule has 0 aromatic carbocycles. The standard InChI is InChI=1S/3ClH.Eu.4H2O/h3*1H;;4*1H2/q;;;+3;;;;/p-3. The molecule has 0 saturated heterocycles. The summed E-state index contributed by atoms with van der Waals surface area (Å²) in [5, 5.41) is 0. The Labute approximate surface area is 107 Å². The monoisotopic (exact) mass is 330 g/mol. The van der Waals surface area contributed by atoms with Gasteiger partial charge in [0.15, 0.2) is 0 Å². The predicted molar refractivity (Wildman–Crippen MR) is 14.5 cm³/mol. The minimum Gasteiger partial charge on any atom is -1.00 e. The van der Waals surface area contributed by atoms with Crippen LogP contribution in [0.3, 0.4) is 0 Å². The normalized spacial score (nSPS) is 0. The van der Waals surface area contributed by atoms with E-state index in [1.165, 1.54) is 0 Å². The van der Waals surface area contributed by atoms with Gasteiger partial charge in [-0.05, 0) is 0 Å². The van der Waals surface area contributed by atoms with E-state index >= 15 is 0 Å². The Hall–Kier alpha value is 2.29. The Morgan fingerprint density at radius 3 is 0.375 bits per heavy atom. The maximum absolute atomic E-state index is 0. The molecule has 0 bridgehead atoms. The third-order valence-corrected chi connectivity index (χ3v) is 0.